The zero-order chi connectivity index (χ0) is 33.0. The van der Waals surface area contributed by atoms with Crippen LogP contribution < -0.4 is 16.2 Å². The molecule has 2 heterocycles. The zero-order valence-corrected chi connectivity index (χ0v) is 26.1. The monoisotopic (exact) mass is 632 g/mol. The van der Waals surface area contributed by atoms with Crippen molar-refractivity contribution in [3.05, 3.63) is 80.1 Å². The molecule has 3 rings (SSSR count). The molecule has 1 unspecified atom stereocenters. The maximum atomic E-state index is 13.2. The molecule has 1 amide bonds. The molecule has 0 aliphatic heterocycles. The lowest BCUT2D eigenvalue weighted by atomic mass is 10.1. The smallest absolute Gasteiger partial charge is 0.469 e. The summed E-state index contributed by atoms with van der Waals surface area (Å²) in [6, 6.07) is 7.50. The Morgan fingerprint density at radius 1 is 0.818 bits per heavy atom. The lowest BCUT2D eigenvalue weighted by molar-refractivity contribution is 0.0952. The van der Waals surface area contributed by atoms with E-state index in [0.29, 0.717) is 41.3 Å². The van der Waals surface area contributed by atoms with Crippen molar-refractivity contribution >= 4 is 13.7 Å². The number of hydrogen-bond acceptors (Lipinski definition) is 8. The van der Waals surface area contributed by atoms with Gasteiger partial charge >= 0.3 is 7.82 Å². The summed E-state index contributed by atoms with van der Waals surface area (Å²) < 4.78 is 25.3. The van der Waals surface area contributed by atoms with E-state index in [2.05, 4.69) is 14.7 Å². The SMILES string of the molecule is [2H]OP(=O)(O)OCCCCCCCCCCCCNC(=O)c1cc(-n2ccc(=O)c(O)c2C)cc(-n2ccc(=O)c(O)c2C)c1. The molecule has 0 aliphatic carbocycles. The Kier molecular flexibility index (Phi) is 12.4. The van der Waals surface area contributed by atoms with Crippen molar-refractivity contribution in [3.8, 4) is 22.9 Å². The Labute approximate surface area is 257 Å². The fourth-order valence-electron chi connectivity index (χ4n) is 4.94. The van der Waals surface area contributed by atoms with Gasteiger partial charge in [-0.2, -0.15) is 0 Å². The van der Waals surface area contributed by atoms with Crippen LogP contribution in [0.1, 0.15) is 86.0 Å². The molecule has 0 radical (unpaired) electrons. The van der Waals surface area contributed by atoms with Crippen LogP contribution in [0.25, 0.3) is 11.4 Å². The van der Waals surface area contributed by atoms with Crippen molar-refractivity contribution < 1.29 is 33.9 Å². The number of phosphoric ester groups is 1. The van der Waals surface area contributed by atoms with Crippen LogP contribution in [-0.4, -0.2) is 49.6 Å². The molecule has 0 fully saturated rings. The molecule has 0 spiro atoms. The van der Waals surface area contributed by atoms with E-state index in [1.165, 1.54) is 24.5 Å². The number of aromatic nitrogens is 2. The molecule has 44 heavy (non-hydrogen) atoms. The molecule has 0 aliphatic rings. The van der Waals surface area contributed by atoms with Gasteiger partial charge in [0.15, 0.2) is 11.5 Å². The van der Waals surface area contributed by atoms with Gasteiger partial charge in [-0.1, -0.05) is 51.4 Å². The van der Waals surface area contributed by atoms with Crippen molar-refractivity contribution in [1.29, 1.82) is 1.43 Å². The van der Waals surface area contributed by atoms with Crippen molar-refractivity contribution in [1.82, 2.24) is 14.5 Å². The van der Waals surface area contributed by atoms with Gasteiger partial charge in [0.05, 0.1) is 18.0 Å². The molecular weight excluding hydrogens is 589 g/mol. The number of amides is 1. The molecule has 1 atom stereocenters. The van der Waals surface area contributed by atoms with Crippen LogP contribution in [0.2, 0.25) is 0 Å². The molecule has 1 aromatic carbocycles. The highest BCUT2D eigenvalue weighted by atomic mass is 31.2. The van der Waals surface area contributed by atoms with Gasteiger partial charge < -0.3 is 34.5 Å². The second-order valence-corrected chi connectivity index (χ2v) is 12.0. The van der Waals surface area contributed by atoms with Crippen LogP contribution in [-0.2, 0) is 9.09 Å². The Balaban J connectivity index is 1.51. The van der Waals surface area contributed by atoms with E-state index >= 15 is 0 Å². The number of pyridine rings is 2. The second kappa shape index (κ2) is 16.4. The number of aromatic hydroxyl groups is 2. The van der Waals surface area contributed by atoms with Gasteiger partial charge in [0.25, 0.3) is 5.91 Å². The summed E-state index contributed by atoms with van der Waals surface area (Å²) in [4.78, 5) is 49.7. The largest absolute Gasteiger partial charge is 0.503 e. The van der Waals surface area contributed by atoms with E-state index in [1.807, 2.05) is 0 Å². The zero-order valence-electron chi connectivity index (χ0n) is 26.2. The summed E-state index contributed by atoms with van der Waals surface area (Å²) in [5.41, 5.74) is 0.907. The van der Waals surface area contributed by atoms with Gasteiger partial charge in [-0.05, 0) is 44.9 Å². The minimum Gasteiger partial charge on any atom is -0.503 e. The van der Waals surface area contributed by atoms with E-state index in [-0.39, 0.29) is 12.5 Å². The van der Waals surface area contributed by atoms with Gasteiger partial charge in [-0.3, -0.25) is 18.9 Å². The first kappa shape index (κ1) is 33.2. The van der Waals surface area contributed by atoms with Crippen LogP contribution in [0, 0.1) is 13.8 Å². The van der Waals surface area contributed by atoms with Gasteiger partial charge in [0.2, 0.25) is 12.3 Å². The Morgan fingerprint density at radius 3 is 1.75 bits per heavy atom. The van der Waals surface area contributed by atoms with Crippen molar-refractivity contribution in [2.24, 2.45) is 0 Å². The predicted octanol–water partition coefficient (Wildman–Crippen LogP) is 4.76. The number of nitrogens with one attached hydrogen (secondary N) is 1. The third kappa shape index (κ3) is 10.2. The molecule has 3 aromatic rings. The fraction of sp³-hybridized carbons (Fsp3) is 0.452. The third-order valence-electron chi connectivity index (χ3n) is 7.46. The molecule has 0 bridgehead atoms. The second-order valence-electron chi connectivity index (χ2n) is 10.8. The van der Waals surface area contributed by atoms with E-state index in [1.54, 1.807) is 41.2 Å². The van der Waals surface area contributed by atoms with E-state index in [9.17, 15) is 29.2 Å². The van der Waals surface area contributed by atoms with Gasteiger partial charge in [-0.25, -0.2) is 4.57 Å². The number of carbonyl (C=O) groups excluding carboxylic acids is 1. The number of unbranched alkanes of at least 4 members (excludes halogenated alkanes) is 9. The number of hydrogen-bond donors (Lipinski definition) is 5. The summed E-state index contributed by atoms with van der Waals surface area (Å²) in [5, 5.41) is 23.4. The highest BCUT2D eigenvalue weighted by Gasteiger charge is 2.15. The van der Waals surface area contributed by atoms with Crippen LogP contribution in [0.4, 0.5) is 0 Å². The molecular formula is C31H42N3O9P. The summed E-state index contributed by atoms with van der Waals surface area (Å²) in [6.07, 6.45) is 12.7. The first-order valence-corrected chi connectivity index (χ1v) is 16.3. The quantitative estimate of drug-likeness (QED) is 0.0976. The summed E-state index contributed by atoms with van der Waals surface area (Å²) in [6.45, 7) is 3.76. The van der Waals surface area contributed by atoms with Crippen molar-refractivity contribution in [3.63, 3.8) is 0 Å². The van der Waals surface area contributed by atoms with Gasteiger partial charge in [0.1, 0.15) is 0 Å². The maximum Gasteiger partial charge on any atom is 0.469 e. The first-order valence-electron chi connectivity index (χ1n) is 15.2. The Morgan fingerprint density at radius 2 is 1.27 bits per heavy atom. The molecule has 0 saturated heterocycles. The van der Waals surface area contributed by atoms with Crippen LogP contribution in [0.5, 0.6) is 11.5 Å². The average molecular weight is 633 g/mol. The highest BCUT2D eigenvalue weighted by molar-refractivity contribution is 7.46. The van der Waals surface area contributed by atoms with E-state index in [4.69, 9.17) is 6.32 Å². The molecule has 12 nitrogen and oxygen atoms in total. The molecule has 0 saturated carbocycles. The third-order valence-corrected chi connectivity index (χ3v) is 7.97. The minimum atomic E-state index is -4.20. The van der Waals surface area contributed by atoms with E-state index in [0.717, 1.165) is 57.8 Å². The average Bonchev–Trinajstić information content (AvgIpc) is 3.02. The Hall–Kier alpha value is -3.70. The number of phosphoric acid groups is 1. The highest BCUT2D eigenvalue weighted by Crippen LogP contribution is 2.35. The van der Waals surface area contributed by atoms with Crippen molar-refractivity contribution in [2.75, 3.05) is 13.2 Å². The minimum absolute atomic E-state index is 0.0921. The van der Waals surface area contributed by atoms with Crippen LogP contribution >= 0.6 is 7.82 Å². The molecule has 13 heteroatoms. The first-order chi connectivity index (χ1) is 21.4. The van der Waals surface area contributed by atoms with Gasteiger partial charge in [0, 0.05) is 48.0 Å². The lowest BCUT2D eigenvalue weighted by Gasteiger charge is -2.18. The number of rotatable bonds is 18. The van der Waals surface area contributed by atoms with Crippen LogP contribution in [0.3, 0.4) is 0 Å². The molecule has 5 N–H and O–H groups in total. The summed E-state index contributed by atoms with van der Waals surface area (Å²) in [5.74, 6) is -1.10. The normalized spacial score (nSPS) is 12.9. The lowest BCUT2D eigenvalue weighted by Crippen LogP contribution is -2.25. The standard InChI is InChI=1S/C31H42N3O9P/c1-22-29(37)27(35)13-16-33(22)25-19-24(20-26(21-25)34-17-14-28(36)30(38)23(34)2)31(39)32-15-11-9-7-5-3-4-6-8-10-12-18-43-44(40,41)42/h13-14,16-17,19-21,37-38H,3-12,15,18H2,1-2H3,(H,32,39)(H2,40,41,42)/i/hD. The van der Waals surface area contributed by atoms with Gasteiger partial charge in [-0.15, -0.1) is 0 Å². The summed E-state index contributed by atoms with van der Waals surface area (Å²) in [7, 11) is -4.20. The maximum absolute atomic E-state index is 13.2. The molecule has 240 valence electrons. The number of carbonyl (C=O) groups is 1. The van der Waals surface area contributed by atoms with E-state index < -0.39 is 30.2 Å². The fourth-order valence-corrected chi connectivity index (χ4v) is 5.30. The van der Waals surface area contributed by atoms with Crippen molar-refractivity contribution in [2.45, 2.75) is 78.1 Å². The Bertz CT molecular complexity index is 1540. The summed E-state index contributed by atoms with van der Waals surface area (Å²) >= 11 is 0. The van der Waals surface area contributed by atoms with Crippen LogP contribution in [0.15, 0.2) is 52.3 Å². The molecule has 2 aromatic heterocycles. The number of nitrogens with zero attached hydrogens (tertiary/aromatic N) is 2. The number of benzene rings is 1. The predicted molar refractivity (Wildman–Crippen MR) is 167 cm³/mol. The topological polar surface area (TPSA) is 180 Å².